The van der Waals surface area contributed by atoms with Crippen LogP contribution in [0.15, 0.2) is 85.2 Å². The number of nitrogens with zero attached hydrogens (tertiary/aromatic N) is 6. The largest absolute Gasteiger partial charge is 0.348 e. The second-order valence-corrected chi connectivity index (χ2v) is 10.7. The summed E-state index contributed by atoms with van der Waals surface area (Å²) in [4.78, 5) is 30.5. The van der Waals surface area contributed by atoms with Crippen LogP contribution in [0.5, 0.6) is 0 Å². The third-order valence-electron chi connectivity index (χ3n) is 7.50. The van der Waals surface area contributed by atoms with E-state index in [-0.39, 0.29) is 23.7 Å². The van der Waals surface area contributed by atoms with Crippen molar-refractivity contribution in [2.24, 2.45) is 5.92 Å². The Morgan fingerprint density at radius 1 is 1.05 bits per heavy atom. The number of benzene rings is 2. The smallest absolute Gasteiger partial charge is 0.227 e. The SMILES string of the molecule is C[C@H](Nc1nccc(-c2c(-c3ccc(F)cc3)nc3cc(CN4CC(C(=O)N(C)C)C4)ccn23)n1)c1ccccc1. The van der Waals surface area contributed by atoms with E-state index in [1.54, 1.807) is 37.3 Å². The van der Waals surface area contributed by atoms with Crippen molar-refractivity contribution in [3.05, 3.63) is 102 Å². The molecule has 5 aromatic rings. The maximum atomic E-state index is 13.8. The van der Waals surface area contributed by atoms with E-state index in [0.29, 0.717) is 17.3 Å². The molecule has 1 N–H and O–H groups in total. The maximum Gasteiger partial charge on any atom is 0.227 e. The number of amides is 1. The highest BCUT2D eigenvalue weighted by Crippen LogP contribution is 2.33. The first-order valence-corrected chi connectivity index (χ1v) is 13.7. The summed E-state index contributed by atoms with van der Waals surface area (Å²) in [7, 11) is 3.60. The van der Waals surface area contributed by atoms with Crippen molar-refractivity contribution < 1.29 is 9.18 Å². The van der Waals surface area contributed by atoms with Crippen LogP contribution in [0.1, 0.15) is 24.1 Å². The lowest BCUT2D eigenvalue weighted by molar-refractivity contribution is -0.138. The van der Waals surface area contributed by atoms with Gasteiger partial charge >= 0.3 is 0 Å². The number of hydrogen-bond acceptors (Lipinski definition) is 6. The molecule has 0 radical (unpaired) electrons. The number of halogens is 1. The first kappa shape index (κ1) is 26.6. The van der Waals surface area contributed by atoms with E-state index in [0.717, 1.165) is 47.7 Å². The zero-order valence-corrected chi connectivity index (χ0v) is 23.3. The molecule has 1 amide bonds. The molecule has 0 aliphatic carbocycles. The monoisotopic (exact) mass is 549 g/mol. The Morgan fingerprint density at radius 2 is 1.80 bits per heavy atom. The lowest BCUT2D eigenvalue weighted by atomic mass is 9.98. The fraction of sp³-hybridized carbons (Fsp3) is 0.250. The number of aromatic nitrogens is 4. The summed E-state index contributed by atoms with van der Waals surface area (Å²) in [5.41, 5.74) is 6.03. The molecule has 3 aromatic heterocycles. The minimum absolute atomic E-state index is 0.0156. The van der Waals surface area contributed by atoms with Crippen LogP contribution < -0.4 is 5.32 Å². The Hall–Kier alpha value is -4.63. The van der Waals surface area contributed by atoms with Crippen LogP contribution in [0.4, 0.5) is 10.3 Å². The van der Waals surface area contributed by atoms with Crippen LogP contribution in [0.3, 0.4) is 0 Å². The van der Waals surface area contributed by atoms with Crippen molar-refractivity contribution in [2.45, 2.75) is 19.5 Å². The van der Waals surface area contributed by atoms with Crippen LogP contribution in [0.2, 0.25) is 0 Å². The summed E-state index contributed by atoms with van der Waals surface area (Å²) < 4.78 is 15.8. The van der Waals surface area contributed by atoms with Crippen LogP contribution in [-0.4, -0.2) is 62.2 Å². The summed E-state index contributed by atoms with van der Waals surface area (Å²) in [6.07, 6.45) is 3.74. The molecule has 1 saturated heterocycles. The average Bonchev–Trinajstić information content (AvgIpc) is 3.34. The summed E-state index contributed by atoms with van der Waals surface area (Å²) in [6, 6.07) is 22.5. The quantitative estimate of drug-likeness (QED) is 0.283. The highest BCUT2D eigenvalue weighted by Gasteiger charge is 2.33. The number of carbonyl (C=O) groups excluding carboxylic acids is 1. The summed E-state index contributed by atoms with van der Waals surface area (Å²) in [5, 5.41) is 3.40. The number of fused-ring (bicyclic) bond motifs is 1. The number of nitrogens with one attached hydrogen (secondary N) is 1. The number of likely N-dealkylation sites (tertiary alicyclic amines) is 1. The molecular weight excluding hydrogens is 517 g/mol. The van der Waals surface area contributed by atoms with Crippen molar-refractivity contribution in [3.8, 4) is 22.6 Å². The van der Waals surface area contributed by atoms with Crippen LogP contribution >= 0.6 is 0 Å². The molecule has 0 saturated carbocycles. The molecule has 6 rings (SSSR count). The zero-order chi connectivity index (χ0) is 28.5. The number of pyridine rings is 1. The summed E-state index contributed by atoms with van der Waals surface area (Å²) in [5.74, 6) is 0.442. The van der Waals surface area contributed by atoms with Crippen molar-refractivity contribution in [3.63, 3.8) is 0 Å². The van der Waals surface area contributed by atoms with E-state index in [1.807, 2.05) is 34.9 Å². The fourth-order valence-corrected chi connectivity index (χ4v) is 5.30. The molecule has 9 heteroatoms. The molecule has 2 aromatic carbocycles. The van der Waals surface area contributed by atoms with Crippen LogP contribution in [0.25, 0.3) is 28.3 Å². The van der Waals surface area contributed by atoms with E-state index in [4.69, 9.17) is 9.97 Å². The van der Waals surface area contributed by atoms with Gasteiger partial charge in [0.05, 0.1) is 29.0 Å². The van der Waals surface area contributed by atoms with E-state index >= 15 is 0 Å². The minimum atomic E-state index is -0.301. The molecule has 0 unspecified atom stereocenters. The zero-order valence-electron chi connectivity index (χ0n) is 23.3. The number of anilines is 1. The van der Waals surface area contributed by atoms with E-state index in [1.165, 1.54) is 12.1 Å². The lowest BCUT2D eigenvalue weighted by Gasteiger charge is -2.39. The number of rotatable bonds is 8. The Balaban J connectivity index is 1.33. The maximum absolute atomic E-state index is 13.8. The second kappa shape index (κ2) is 11.1. The lowest BCUT2D eigenvalue weighted by Crippen LogP contribution is -2.52. The molecule has 1 atom stereocenters. The van der Waals surface area contributed by atoms with Crippen molar-refractivity contribution >= 4 is 17.5 Å². The van der Waals surface area contributed by atoms with Gasteiger partial charge in [0.15, 0.2) is 0 Å². The topological polar surface area (TPSA) is 78.7 Å². The molecule has 41 heavy (non-hydrogen) atoms. The van der Waals surface area contributed by atoms with Gasteiger partial charge in [0.2, 0.25) is 11.9 Å². The number of carbonyl (C=O) groups is 1. The van der Waals surface area contributed by atoms with Gasteiger partial charge in [-0.05, 0) is 60.5 Å². The van der Waals surface area contributed by atoms with Crippen molar-refractivity contribution in [1.82, 2.24) is 29.2 Å². The normalized spacial score (nSPS) is 14.5. The Kier molecular flexibility index (Phi) is 7.19. The van der Waals surface area contributed by atoms with Gasteiger partial charge in [0.25, 0.3) is 0 Å². The number of hydrogen-bond donors (Lipinski definition) is 1. The molecule has 4 heterocycles. The Bertz CT molecular complexity index is 1680. The Morgan fingerprint density at radius 3 is 2.54 bits per heavy atom. The highest BCUT2D eigenvalue weighted by molar-refractivity contribution is 5.81. The van der Waals surface area contributed by atoms with Gasteiger partial charge in [0, 0.05) is 51.7 Å². The molecular formula is C32H32FN7O. The van der Waals surface area contributed by atoms with E-state index in [2.05, 4.69) is 46.4 Å². The van der Waals surface area contributed by atoms with Crippen molar-refractivity contribution in [2.75, 3.05) is 32.5 Å². The van der Waals surface area contributed by atoms with Crippen molar-refractivity contribution in [1.29, 1.82) is 0 Å². The molecule has 0 spiro atoms. The highest BCUT2D eigenvalue weighted by atomic mass is 19.1. The molecule has 208 valence electrons. The van der Waals surface area contributed by atoms with Gasteiger partial charge in [-0.1, -0.05) is 30.3 Å². The first-order chi connectivity index (χ1) is 19.9. The van der Waals surface area contributed by atoms with Gasteiger partial charge in [-0.15, -0.1) is 0 Å². The number of imidazole rings is 1. The molecule has 8 nitrogen and oxygen atoms in total. The van der Waals surface area contributed by atoms with E-state index < -0.39 is 0 Å². The third-order valence-corrected chi connectivity index (χ3v) is 7.50. The first-order valence-electron chi connectivity index (χ1n) is 13.7. The van der Waals surface area contributed by atoms with Gasteiger partial charge in [-0.3, -0.25) is 14.1 Å². The summed E-state index contributed by atoms with van der Waals surface area (Å²) in [6.45, 7) is 4.31. The van der Waals surface area contributed by atoms with E-state index in [9.17, 15) is 9.18 Å². The molecule has 1 aliphatic heterocycles. The fourth-order valence-electron chi connectivity index (χ4n) is 5.30. The second-order valence-electron chi connectivity index (χ2n) is 10.7. The van der Waals surface area contributed by atoms with Crippen LogP contribution in [-0.2, 0) is 11.3 Å². The summed E-state index contributed by atoms with van der Waals surface area (Å²) >= 11 is 0. The predicted molar refractivity (Wildman–Crippen MR) is 158 cm³/mol. The van der Waals surface area contributed by atoms with Gasteiger partial charge < -0.3 is 10.2 Å². The molecule has 1 aliphatic rings. The standard InChI is InChI=1S/C32H32FN7O/c1-21(23-7-5-4-6-8-23)35-32-34-15-13-27(36-32)30-29(24-9-11-26(33)12-10-24)37-28-17-22(14-16-40(28)30)18-39-19-25(20-39)31(41)38(2)3/h4-17,21,25H,18-20H2,1-3H3,(H,34,35,36)/t21-/m0/s1. The average molecular weight is 550 g/mol. The van der Waals surface area contributed by atoms with Crippen LogP contribution in [0, 0.1) is 11.7 Å². The molecule has 1 fully saturated rings. The third kappa shape index (κ3) is 5.53. The molecule has 0 bridgehead atoms. The van der Waals surface area contributed by atoms with Gasteiger partial charge in [-0.2, -0.15) is 0 Å². The van der Waals surface area contributed by atoms with Gasteiger partial charge in [0.1, 0.15) is 11.5 Å². The Labute approximate surface area is 238 Å². The van der Waals surface area contributed by atoms with Gasteiger partial charge in [-0.25, -0.2) is 19.3 Å². The minimum Gasteiger partial charge on any atom is -0.348 e. The predicted octanol–water partition coefficient (Wildman–Crippen LogP) is 5.29.